The van der Waals surface area contributed by atoms with Gasteiger partial charge in [-0.2, -0.15) is 0 Å². The number of thioether (sulfide) groups is 1. The molecule has 0 radical (unpaired) electrons. The number of amides is 1. The van der Waals surface area contributed by atoms with Crippen molar-refractivity contribution < 1.29 is 13.6 Å². The Morgan fingerprint density at radius 1 is 1.37 bits per heavy atom. The molecule has 27 heavy (non-hydrogen) atoms. The van der Waals surface area contributed by atoms with Gasteiger partial charge < -0.3 is 13.9 Å². The molecule has 1 amide bonds. The molecule has 8 heteroatoms. The Bertz CT molecular complexity index is 953. The molecule has 1 atom stereocenters. The Labute approximate surface area is 161 Å². The highest BCUT2D eigenvalue weighted by molar-refractivity contribution is 8.00. The molecule has 3 rings (SSSR count). The van der Waals surface area contributed by atoms with E-state index in [1.54, 1.807) is 30.3 Å². The van der Waals surface area contributed by atoms with Crippen LogP contribution < -0.4 is 0 Å². The first-order chi connectivity index (χ1) is 12.9. The average Bonchev–Trinajstić information content (AvgIpc) is 3.20. The minimum Gasteiger partial charge on any atom is -0.469 e. The second-order valence-electron chi connectivity index (χ2n) is 6.34. The van der Waals surface area contributed by atoms with Gasteiger partial charge in [0.15, 0.2) is 11.0 Å². The Balaban J connectivity index is 1.68. The fraction of sp³-hybridized carbons (Fsp3) is 0.316. The van der Waals surface area contributed by atoms with Crippen molar-refractivity contribution in [2.75, 3.05) is 7.05 Å². The molecule has 0 aliphatic heterocycles. The van der Waals surface area contributed by atoms with E-state index in [2.05, 4.69) is 10.2 Å². The zero-order valence-electron chi connectivity index (χ0n) is 15.6. The maximum atomic E-state index is 13.3. The summed E-state index contributed by atoms with van der Waals surface area (Å²) in [5.74, 6) is 1.09. The Hall–Kier alpha value is -2.61. The third kappa shape index (κ3) is 4.21. The Morgan fingerprint density at radius 3 is 2.81 bits per heavy atom. The van der Waals surface area contributed by atoms with Crippen LogP contribution in [0.4, 0.5) is 4.39 Å². The number of furan rings is 1. The summed E-state index contributed by atoms with van der Waals surface area (Å²) in [6, 6.07) is 8.10. The largest absolute Gasteiger partial charge is 0.469 e. The molecule has 6 nitrogen and oxygen atoms in total. The zero-order valence-corrected chi connectivity index (χ0v) is 16.5. The van der Waals surface area contributed by atoms with Gasteiger partial charge in [-0.25, -0.2) is 4.39 Å². The second kappa shape index (κ2) is 7.96. The van der Waals surface area contributed by atoms with Gasteiger partial charge in [0.25, 0.3) is 0 Å². The minimum absolute atomic E-state index is 0.0618. The summed E-state index contributed by atoms with van der Waals surface area (Å²) in [5, 5.41) is 8.71. The first-order valence-electron chi connectivity index (χ1n) is 8.46. The van der Waals surface area contributed by atoms with Crippen LogP contribution in [-0.4, -0.2) is 37.9 Å². The molecule has 3 aromatic rings. The van der Waals surface area contributed by atoms with Crippen LogP contribution in [-0.2, 0) is 18.4 Å². The van der Waals surface area contributed by atoms with Crippen molar-refractivity contribution in [3.8, 4) is 11.4 Å². The first-order valence-corrected chi connectivity index (χ1v) is 9.34. The number of carbonyl (C=O) groups excluding carboxylic acids is 1. The number of aromatic nitrogens is 3. The van der Waals surface area contributed by atoms with Crippen LogP contribution in [0.2, 0.25) is 0 Å². The summed E-state index contributed by atoms with van der Waals surface area (Å²) >= 11 is 1.34. The number of hydrogen-bond acceptors (Lipinski definition) is 5. The molecule has 142 valence electrons. The lowest BCUT2D eigenvalue weighted by Crippen LogP contribution is -2.33. The monoisotopic (exact) mass is 388 g/mol. The van der Waals surface area contributed by atoms with Gasteiger partial charge in [-0.3, -0.25) is 4.79 Å². The summed E-state index contributed by atoms with van der Waals surface area (Å²) in [6.07, 6.45) is 1.61. The smallest absolute Gasteiger partial charge is 0.235 e. The predicted octanol–water partition coefficient (Wildman–Crippen LogP) is 3.66. The van der Waals surface area contributed by atoms with Gasteiger partial charge in [0.1, 0.15) is 11.6 Å². The van der Waals surface area contributed by atoms with E-state index >= 15 is 0 Å². The van der Waals surface area contributed by atoms with Crippen molar-refractivity contribution in [1.82, 2.24) is 19.7 Å². The standard InChI is InChI=1S/C19H21FN4O2S/c1-12-16(8-9-26-12)17-21-22-19(24(17)4)27-13(2)18(25)23(3)11-14-6-5-7-15(20)10-14/h5-10,13H,11H2,1-4H3/t13-/m0/s1. The lowest BCUT2D eigenvalue weighted by Gasteiger charge is -2.21. The maximum Gasteiger partial charge on any atom is 0.235 e. The fourth-order valence-corrected chi connectivity index (χ4v) is 3.70. The van der Waals surface area contributed by atoms with E-state index in [4.69, 9.17) is 4.42 Å². The van der Waals surface area contributed by atoms with Crippen LogP contribution in [0.15, 0.2) is 46.2 Å². The van der Waals surface area contributed by atoms with Crippen LogP contribution in [0.5, 0.6) is 0 Å². The van der Waals surface area contributed by atoms with Gasteiger partial charge in [0, 0.05) is 20.6 Å². The lowest BCUT2D eigenvalue weighted by atomic mass is 10.2. The summed E-state index contributed by atoms with van der Waals surface area (Å²) in [6.45, 7) is 4.04. The molecule has 2 aromatic heterocycles. The van der Waals surface area contributed by atoms with E-state index < -0.39 is 0 Å². The molecule has 0 N–H and O–H groups in total. The summed E-state index contributed by atoms with van der Waals surface area (Å²) < 4.78 is 20.5. The zero-order chi connectivity index (χ0) is 19.6. The van der Waals surface area contributed by atoms with Gasteiger partial charge in [0.2, 0.25) is 5.91 Å². The quantitative estimate of drug-likeness (QED) is 0.603. The summed E-state index contributed by atoms with van der Waals surface area (Å²) in [5.41, 5.74) is 1.62. The molecule has 0 aliphatic carbocycles. The minimum atomic E-state index is -0.357. The van der Waals surface area contributed by atoms with Crippen molar-refractivity contribution >= 4 is 17.7 Å². The molecule has 0 aliphatic rings. The van der Waals surface area contributed by atoms with Gasteiger partial charge >= 0.3 is 0 Å². The van der Waals surface area contributed by atoms with Crippen LogP contribution >= 0.6 is 11.8 Å². The number of nitrogens with zero attached hydrogens (tertiary/aromatic N) is 4. The van der Waals surface area contributed by atoms with Gasteiger partial charge in [-0.15, -0.1) is 10.2 Å². The highest BCUT2D eigenvalue weighted by Gasteiger charge is 2.23. The van der Waals surface area contributed by atoms with Crippen LogP contribution in [0.1, 0.15) is 18.2 Å². The van der Waals surface area contributed by atoms with Crippen LogP contribution in [0.3, 0.4) is 0 Å². The first kappa shape index (κ1) is 19.2. The number of hydrogen-bond donors (Lipinski definition) is 0. The highest BCUT2D eigenvalue weighted by Crippen LogP contribution is 2.28. The number of carbonyl (C=O) groups is 1. The third-order valence-electron chi connectivity index (χ3n) is 4.25. The van der Waals surface area contributed by atoms with Crippen LogP contribution in [0.25, 0.3) is 11.4 Å². The molecule has 1 aromatic carbocycles. The number of rotatable bonds is 6. The molecule has 0 unspecified atom stereocenters. The van der Waals surface area contributed by atoms with Gasteiger partial charge in [-0.1, -0.05) is 23.9 Å². The van der Waals surface area contributed by atoms with E-state index in [1.807, 2.05) is 31.5 Å². The molecule has 0 saturated heterocycles. The molecule has 0 fully saturated rings. The number of benzene rings is 1. The molecular formula is C19H21FN4O2S. The van der Waals surface area contributed by atoms with Gasteiger partial charge in [0.05, 0.1) is 17.1 Å². The SMILES string of the molecule is Cc1occc1-c1nnc(S[C@@H](C)C(=O)N(C)Cc2cccc(F)c2)n1C. The molecule has 0 bridgehead atoms. The normalized spacial score (nSPS) is 12.2. The Kier molecular flexibility index (Phi) is 5.65. The van der Waals surface area contributed by atoms with Crippen molar-refractivity contribution in [2.24, 2.45) is 7.05 Å². The predicted molar refractivity (Wildman–Crippen MR) is 102 cm³/mol. The fourth-order valence-electron chi connectivity index (χ4n) is 2.77. The number of halogens is 1. The van der Waals surface area contributed by atoms with Gasteiger partial charge in [-0.05, 0) is 37.6 Å². The van der Waals surface area contributed by atoms with Crippen LogP contribution in [0, 0.1) is 12.7 Å². The van der Waals surface area contributed by atoms with Crippen molar-refractivity contribution in [3.05, 3.63) is 53.7 Å². The van der Waals surface area contributed by atoms with Crippen molar-refractivity contribution in [2.45, 2.75) is 30.8 Å². The highest BCUT2D eigenvalue weighted by atomic mass is 32.2. The average molecular weight is 388 g/mol. The number of aryl methyl sites for hydroxylation is 1. The van der Waals surface area contributed by atoms with Crippen molar-refractivity contribution in [1.29, 1.82) is 0 Å². The molecule has 0 spiro atoms. The summed E-state index contributed by atoms with van der Waals surface area (Å²) in [7, 11) is 3.57. The second-order valence-corrected chi connectivity index (χ2v) is 7.65. The van der Waals surface area contributed by atoms with E-state index in [9.17, 15) is 9.18 Å². The maximum absolute atomic E-state index is 13.3. The lowest BCUT2D eigenvalue weighted by molar-refractivity contribution is -0.129. The van der Waals surface area contributed by atoms with Crippen molar-refractivity contribution in [3.63, 3.8) is 0 Å². The molecular weight excluding hydrogens is 367 g/mol. The molecule has 2 heterocycles. The molecule has 0 saturated carbocycles. The van der Waals surface area contributed by atoms with E-state index in [1.165, 1.54) is 23.9 Å². The van der Waals surface area contributed by atoms with E-state index in [0.717, 1.165) is 16.9 Å². The third-order valence-corrected chi connectivity index (χ3v) is 5.37. The topological polar surface area (TPSA) is 64.2 Å². The van der Waals surface area contributed by atoms with E-state index in [-0.39, 0.29) is 17.0 Å². The Morgan fingerprint density at radius 2 is 2.15 bits per heavy atom. The summed E-state index contributed by atoms with van der Waals surface area (Å²) in [4.78, 5) is 14.3. The van der Waals surface area contributed by atoms with E-state index in [0.29, 0.717) is 17.5 Å².